The number of nitrogens with zero attached hydrogens (tertiary/aromatic N) is 4. The third-order valence-corrected chi connectivity index (χ3v) is 5.31. The van der Waals surface area contributed by atoms with Crippen LogP contribution < -0.4 is 20.9 Å². The van der Waals surface area contributed by atoms with Gasteiger partial charge in [-0.05, 0) is 18.1 Å². The van der Waals surface area contributed by atoms with Gasteiger partial charge in [0.25, 0.3) is 5.97 Å². The molecule has 4 rings (SSSR count). The average molecular weight is 524 g/mol. The fourth-order valence-electron chi connectivity index (χ4n) is 3.60. The number of carboxylic acid groups (broad SMARTS) is 1. The van der Waals surface area contributed by atoms with Gasteiger partial charge in [0.05, 0.1) is 26.3 Å². The van der Waals surface area contributed by atoms with Crippen LogP contribution in [0.25, 0.3) is 5.82 Å². The molecule has 1 atom stereocenters. The van der Waals surface area contributed by atoms with Crippen LogP contribution in [-0.4, -0.2) is 55.9 Å². The highest BCUT2D eigenvalue weighted by Gasteiger charge is 2.26. The third kappa shape index (κ3) is 6.57. The lowest BCUT2D eigenvalue weighted by atomic mass is 9.90. The van der Waals surface area contributed by atoms with Crippen LogP contribution in [0.2, 0.25) is 0 Å². The van der Waals surface area contributed by atoms with E-state index in [9.17, 15) is 4.79 Å². The molecule has 4 aromatic rings. The molecule has 0 radical (unpaired) electrons. The van der Waals surface area contributed by atoms with Gasteiger partial charge in [-0.15, -0.1) is 5.10 Å². The van der Waals surface area contributed by atoms with E-state index in [-0.39, 0.29) is 35.2 Å². The molecule has 13 heteroatoms. The molecule has 2 aromatic carbocycles. The summed E-state index contributed by atoms with van der Waals surface area (Å²) in [6.45, 7) is 1.08. The van der Waals surface area contributed by atoms with Gasteiger partial charge >= 0.3 is 5.69 Å². The first-order chi connectivity index (χ1) is 18.1. The fourth-order valence-corrected chi connectivity index (χ4v) is 3.60. The van der Waals surface area contributed by atoms with Crippen molar-refractivity contribution < 1.29 is 23.8 Å². The van der Waals surface area contributed by atoms with Crippen LogP contribution in [0.5, 0.6) is 11.5 Å². The number of hydrogen-bond acceptors (Lipinski definition) is 8. The van der Waals surface area contributed by atoms with Gasteiger partial charge in [0, 0.05) is 36.5 Å². The Morgan fingerprint density at radius 1 is 1.18 bits per heavy atom. The van der Waals surface area contributed by atoms with Gasteiger partial charge in [-0.1, -0.05) is 24.3 Å². The predicted molar refractivity (Wildman–Crippen MR) is 136 cm³/mol. The maximum atomic E-state index is 15.3. The first kappa shape index (κ1) is 27.5. The average Bonchev–Trinajstić information content (AvgIpc) is 3.29. The monoisotopic (exact) mass is 523 g/mol. The van der Waals surface area contributed by atoms with E-state index >= 15 is 4.39 Å². The number of rotatable bonds is 8. The van der Waals surface area contributed by atoms with Crippen molar-refractivity contribution in [2.24, 2.45) is 5.73 Å². The Labute approximate surface area is 216 Å². The molecule has 0 saturated carbocycles. The normalized spacial score (nSPS) is 11.2. The zero-order valence-electron chi connectivity index (χ0n) is 20.8. The van der Waals surface area contributed by atoms with Crippen molar-refractivity contribution in [1.29, 1.82) is 5.41 Å². The maximum Gasteiger partial charge on any atom is 0.349 e. The number of nitrogen functional groups attached to an aromatic ring is 1. The van der Waals surface area contributed by atoms with E-state index in [0.29, 0.717) is 11.3 Å². The summed E-state index contributed by atoms with van der Waals surface area (Å²) < 4.78 is 26.9. The van der Waals surface area contributed by atoms with Gasteiger partial charge in [-0.2, -0.15) is 4.68 Å². The molecule has 2 heterocycles. The number of benzene rings is 2. The highest BCUT2D eigenvalue weighted by atomic mass is 19.1. The Morgan fingerprint density at radius 3 is 2.37 bits per heavy atom. The molecular formula is C25H26FN7O5. The van der Waals surface area contributed by atoms with E-state index in [0.717, 1.165) is 17.2 Å². The van der Waals surface area contributed by atoms with E-state index < -0.39 is 23.4 Å². The van der Waals surface area contributed by atoms with Crippen LogP contribution >= 0.6 is 0 Å². The number of nitrogens with two attached hydrogens (primary N) is 1. The molecular weight excluding hydrogens is 497 g/mol. The first-order valence-corrected chi connectivity index (χ1v) is 11.1. The molecule has 2 aromatic heterocycles. The van der Waals surface area contributed by atoms with Crippen molar-refractivity contribution in [3.05, 3.63) is 93.8 Å². The zero-order chi connectivity index (χ0) is 27.8. The second-order valence-corrected chi connectivity index (χ2v) is 7.91. The lowest BCUT2D eigenvalue weighted by Crippen LogP contribution is -2.17. The Kier molecular flexibility index (Phi) is 8.87. The largest absolute Gasteiger partial charge is 0.493 e. The van der Waals surface area contributed by atoms with Crippen LogP contribution in [0.1, 0.15) is 35.4 Å². The molecule has 1 unspecified atom stereocenters. The molecule has 0 aliphatic heterocycles. The lowest BCUT2D eigenvalue weighted by Gasteiger charge is -2.18. The van der Waals surface area contributed by atoms with Gasteiger partial charge in [0.1, 0.15) is 17.5 Å². The molecule has 0 saturated heterocycles. The van der Waals surface area contributed by atoms with Crippen LogP contribution in [-0.2, 0) is 11.2 Å². The van der Waals surface area contributed by atoms with Crippen molar-refractivity contribution in [2.45, 2.75) is 19.3 Å². The molecule has 0 spiro atoms. The van der Waals surface area contributed by atoms with Crippen molar-refractivity contribution in [3.63, 3.8) is 0 Å². The summed E-state index contributed by atoms with van der Waals surface area (Å²) in [5.41, 5.74) is 6.66. The number of methoxy groups -OCH3 is 2. The van der Waals surface area contributed by atoms with Crippen molar-refractivity contribution in [3.8, 4) is 17.3 Å². The number of ether oxygens (including phenoxy) is 2. The Hall–Kier alpha value is -5.07. The van der Waals surface area contributed by atoms with E-state index in [2.05, 4.69) is 20.1 Å². The number of aromatic amines is 1. The summed E-state index contributed by atoms with van der Waals surface area (Å²) in [5, 5.41) is 19.4. The number of nitrogens with one attached hydrogen (secondary N) is 2. The van der Waals surface area contributed by atoms with Crippen LogP contribution in [0.15, 0.2) is 59.8 Å². The van der Waals surface area contributed by atoms with E-state index in [4.69, 9.17) is 30.5 Å². The second-order valence-electron chi connectivity index (χ2n) is 7.91. The number of aromatic nitrogens is 5. The van der Waals surface area contributed by atoms with Crippen LogP contribution in [0, 0.1) is 11.2 Å². The standard InChI is InChI=1S/C23H22FN7O3.C2H4O2/c1-33-18-10-15(17(24)11-19(18)34-2)16(9-13-3-5-14(6-4-13)21(25)26)22-29-23(32)31(30-22)20-12-27-7-8-28-20;1-2(3)4/h3-8,10-12,16H,9H2,1-2H3,(H3,25,26)(H,29,30,32);1H3,(H,3,4). The Balaban J connectivity index is 0.000000934. The molecule has 38 heavy (non-hydrogen) atoms. The van der Waals surface area contributed by atoms with E-state index in [1.54, 1.807) is 24.3 Å². The fraction of sp³-hybridized carbons (Fsp3) is 0.200. The van der Waals surface area contributed by atoms with E-state index in [1.807, 2.05) is 0 Å². The molecule has 12 nitrogen and oxygen atoms in total. The molecule has 5 N–H and O–H groups in total. The SMILES string of the molecule is CC(=O)O.COc1cc(F)c(C(Cc2ccc(C(=N)N)cc2)c2nn(-c3cnccn3)c(=O)[nH]2)cc1OC. The summed E-state index contributed by atoms with van der Waals surface area (Å²) in [6.07, 6.45) is 4.61. The summed E-state index contributed by atoms with van der Waals surface area (Å²) in [6, 6.07) is 9.77. The van der Waals surface area contributed by atoms with Crippen LogP contribution in [0.4, 0.5) is 4.39 Å². The van der Waals surface area contributed by atoms with Crippen molar-refractivity contribution >= 4 is 11.8 Å². The number of halogens is 1. The first-order valence-electron chi connectivity index (χ1n) is 11.1. The van der Waals surface area contributed by atoms with Gasteiger partial charge in [0.15, 0.2) is 17.3 Å². The number of carbonyl (C=O) groups is 1. The molecule has 0 aliphatic rings. The predicted octanol–water partition coefficient (Wildman–Crippen LogP) is 2.26. The maximum absolute atomic E-state index is 15.3. The number of carboxylic acids is 1. The highest BCUT2D eigenvalue weighted by molar-refractivity contribution is 5.94. The third-order valence-electron chi connectivity index (χ3n) is 5.31. The van der Waals surface area contributed by atoms with Crippen molar-refractivity contribution in [2.75, 3.05) is 14.2 Å². The summed E-state index contributed by atoms with van der Waals surface area (Å²) in [7, 11) is 2.88. The Bertz CT molecular complexity index is 1470. The molecule has 0 bridgehead atoms. The molecule has 198 valence electrons. The number of amidine groups is 1. The highest BCUT2D eigenvalue weighted by Crippen LogP contribution is 2.36. The van der Waals surface area contributed by atoms with Gasteiger partial charge in [-0.3, -0.25) is 20.2 Å². The zero-order valence-corrected chi connectivity index (χ0v) is 20.8. The lowest BCUT2D eigenvalue weighted by molar-refractivity contribution is -0.134. The smallest absolute Gasteiger partial charge is 0.349 e. The number of hydrogen-bond donors (Lipinski definition) is 4. The summed E-state index contributed by atoms with van der Waals surface area (Å²) in [5.74, 6) is -1.07. The van der Waals surface area contributed by atoms with Gasteiger partial charge in [0.2, 0.25) is 0 Å². The second kappa shape index (κ2) is 12.3. The quantitative estimate of drug-likeness (QED) is 0.199. The minimum atomic E-state index is -0.833. The minimum absolute atomic E-state index is 0.0546. The molecule has 0 amide bonds. The van der Waals surface area contributed by atoms with Gasteiger partial charge < -0.3 is 20.3 Å². The van der Waals surface area contributed by atoms with Gasteiger partial charge in [-0.25, -0.2) is 14.2 Å². The number of aliphatic carboxylic acids is 1. The minimum Gasteiger partial charge on any atom is -0.493 e. The summed E-state index contributed by atoms with van der Waals surface area (Å²) in [4.78, 5) is 32.5. The molecule has 0 fully saturated rings. The summed E-state index contributed by atoms with van der Waals surface area (Å²) >= 11 is 0. The van der Waals surface area contributed by atoms with Crippen LogP contribution in [0.3, 0.4) is 0 Å². The van der Waals surface area contributed by atoms with Crippen molar-refractivity contribution in [1.82, 2.24) is 24.7 Å². The topological polar surface area (TPSA) is 182 Å². The molecule has 0 aliphatic carbocycles. The van der Waals surface area contributed by atoms with E-state index in [1.165, 1.54) is 44.9 Å². The Morgan fingerprint density at radius 2 is 1.82 bits per heavy atom. The number of H-pyrrole nitrogens is 1.